The van der Waals surface area contributed by atoms with Crippen molar-refractivity contribution in [3.8, 4) is 0 Å². The van der Waals surface area contributed by atoms with Crippen molar-refractivity contribution in [1.82, 2.24) is 9.21 Å². The molecule has 2 amide bonds. The number of rotatable bonds is 8. The van der Waals surface area contributed by atoms with E-state index >= 15 is 0 Å². The van der Waals surface area contributed by atoms with E-state index in [0.29, 0.717) is 30.5 Å². The third kappa shape index (κ3) is 6.17. The number of amides is 2. The molecule has 0 atom stereocenters. The van der Waals surface area contributed by atoms with Crippen LogP contribution in [0.5, 0.6) is 0 Å². The summed E-state index contributed by atoms with van der Waals surface area (Å²) in [5.74, 6) is 0.292. The number of hydrogen-bond acceptors (Lipinski definition) is 5. The zero-order valence-electron chi connectivity index (χ0n) is 19.6. The summed E-state index contributed by atoms with van der Waals surface area (Å²) in [5.41, 5.74) is 0.917. The van der Waals surface area contributed by atoms with Gasteiger partial charge in [0.05, 0.1) is 17.7 Å². The fourth-order valence-electron chi connectivity index (χ4n) is 4.01. The molecule has 9 heteroatoms. The smallest absolute Gasteiger partial charge is 0.254 e. The van der Waals surface area contributed by atoms with Crippen molar-refractivity contribution in [2.24, 2.45) is 5.92 Å². The predicted octanol–water partition coefficient (Wildman–Crippen LogP) is 3.98. The predicted molar refractivity (Wildman–Crippen MR) is 132 cm³/mol. The first-order chi connectivity index (χ1) is 16.8. The molecule has 0 unspecified atom stereocenters. The molecule has 35 heavy (non-hydrogen) atoms. The van der Waals surface area contributed by atoms with E-state index in [1.807, 2.05) is 18.2 Å². The summed E-state index contributed by atoms with van der Waals surface area (Å²) in [7, 11) is -3.61. The van der Waals surface area contributed by atoms with Crippen LogP contribution in [0.1, 0.15) is 35.9 Å². The van der Waals surface area contributed by atoms with Gasteiger partial charge in [-0.05, 0) is 67.3 Å². The number of carbonyl (C=O) groups is 2. The van der Waals surface area contributed by atoms with Gasteiger partial charge in [-0.1, -0.05) is 25.1 Å². The van der Waals surface area contributed by atoms with Gasteiger partial charge in [-0.3, -0.25) is 9.59 Å². The minimum absolute atomic E-state index is 0.0973. The van der Waals surface area contributed by atoms with Gasteiger partial charge in [0.25, 0.3) is 5.91 Å². The molecule has 1 aliphatic rings. The van der Waals surface area contributed by atoms with Crippen molar-refractivity contribution in [2.45, 2.75) is 31.2 Å². The molecule has 0 aliphatic carbocycles. The number of carbonyl (C=O) groups excluding carboxylic acids is 2. The number of para-hydroxylation sites is 1. The molecule has 1 aromatic heterocycles. The van der Waals surface area contributed by atoms with Gasteiger partial charge < -0.3 is 14.6 Å². The van der Waals surface area contributed by atoms with E-state index in [1.54, 1.807) is 24.3 Å². The second kappa shape index (κ2) is 10.9. The first kappa shape index (κ1) is 24.7. The van der Waals surface area contributed by atoms with E-state index in [-0.39, 0.29) is 29.5 Å². The van der Waals surface area contributed by atoms with E-state index in [1.165, 1.54) is 39.7 Å². The number of hydrogen-bond donors (Lipinski definition) is 1. The van der Waals surface area contributed by atoms with Crippen LogP contribution in [0.15, 0.2) is 82.3 Å². The monoisotopic (exact) mass is 495 g/mol. The lowest BCUT2D eigenvalue weighted by Gasteiger charge is -2.29. The normalized spacial score (nSPS) is 15.0. The Balaban J connectivity index is 1.49. The third-order valence-electron chi connectivity index (χ3n) is 6.09. The number of nitrogens with zero attached hydrogens (tertiary/aromatic N) is 2. The van der Waals surface area contributed by atoms with Crippen molar-refractivity contribution in [3.63, 3.8) is 0 Å². The minimum Gasteiger partial charge on any atom is -0.467 e. The van der Waals surface area contributed by atoms with Crippen LogP contribution in [0.2, 0.25) is 0 Å². The highest BCUT2D eigenvalue weighted by Crippen LogP contribution is 2.24. The SMILES string of the molecule is CC1CCN(S(=O)(=O)c2ccc(C(=O)N(CC(=O)Nc3ccccc3)Cc3ccco3)cc2)CC1. The molecular weight excluding hydrogens is 466 g/mol. The largest absolute Gasteiger partial charge is 0.467 e. The Labute approximate surface area is 205 Å². The van der Waals surface area contributed by atoms with Crippen LogP contribution in [-0.4, -0.2) is 49.1 Å². The van der Waals surface area contributed by atoms with E-state index in [4.69, 9.17) is 4.42 Å². The van der Waals surface area contributed by atoms with Crippen LogP contribution in [0.25, 0.3) is 0 Å². The molecule has 1 aliphatic heterocycles. The average Bonchev–Trinajstić information content (AvgIpc) is 3.37. The third-order valence-corrected chi connectivity index (χ3v) is 8.00. The lowest BCUT2D eigenvalue weighted by molar-refractivity contribution is -0.117. The molecule has 1 N–H and O–H groups in total. The van der Waals surface area contributed by atoms with E-state index in [0.717, 1.165) is 12.8 Å². The van der Waals surface area contributed by atoms with Crippen LogP contribution in [0.3, 0.4) is 0 Å². The molecule has 0 saturated carbocycles. The van der Waals surface area contributed by atoms with Crippen molar-refractivity contribution in [2.75, 3.05) is 25.0 Å². The van der Waals surface area contributed by atoms with Crippen molar-refractivity contribution in [3.05, 3.63) is 84.3 Å². The van der Waals surface area contributed by atoms with Crippen LogP contribution in [-0.2, 0) is 21.4 Å². The Kier molecular flexibility index (Phi) is 7.67. The van der Waals surface area contributed by atoms with E-state index in [9.17, 15) is 18.0 Å². The van der Waals surface area contributed by atoms with E-state index < -0.39 is 15.9 Å². The highest BCUT2D eigenvalue weighted by atomic mass is 32.2. The lowest BCUT2D eigenvalue weighted by Crippen LogP contribution is -2.38. The summed E-state index contributed by atoms with van der Waals surface area (Å²) in [4.78, 5) is 27.5. The van der Waals surface area contributed by atoms with Crippen molar-refractivity contribution < 1.29 is 22.4 Å². The van der Waals surface area contributed by atoms with E-state index in [2.05, 4.69) is 12.2 Å². The summed E-state index contributed by atoms with van der Waals surface area (Å²) in [6, 6.07) is 18.3. The number of sulfonamides is 1. The summed E-state index contributed by atoms with van der Waals surface area (Å²) < 4.78 is 32.9. The van der Waals surface area contributed by atoms with Gasteiger partial charge in [0.2, 0.25) is 15.9 Å². The Morgan fingerprint density at radius 3 is 2.31 bits per heavy atom. The number of piperidine rings is 1. The molecule has 4 rings (SSSR count). The molecule has 1 fully saturated rings. The quantitative estimate of drug-likeness (QED) is 0.510. The Morgan fingerprint density at radius 1 is 1.00 bits per heavy atom. The Morgan fingerprint density at radius 2 is 1.69 bits per heavy atom. The molecule has 2 aromatic carbocycles. The van der Waals surface area contributed by atoms with Crippen LogP contribution < -0.4 is 5.32 Å². The zero-order valence-corrected chi connectivity index (χ0v) is 20.4. The van der Waals surface area contributed by atoms with Gasteiger partial charge in [0.15, 0.2) is 0 Å². The average molecular weight is 496 g/mol. The minimum atomic E-state index is -3.61. The molecule has 8 nitrogen and oxygen atoms in total. The number of furan rings is 1. The van der Waals surface area contributed by atoms with Crippen molar-refractivity contribution >= 4 is 27.5 Å². The first-order valence-electron chi connectivity index (χ1n) is 11.6. The zero-order chi connectivity index (χ0) is 24.8. The fraction of sp³-hybridized carbons (Fsp3) is 0.308. The van der Waals surface area contributed by atoms with Crippen LogP contribution in [0, 0.1) is 5.92 Å². The molecule has 3 aromatic rings. The molecule has 1 saturated heterocycles. The fourth-order valence-corrected chi connectivity index (χ4v) is 5.48. The molecular formula is C26H29N3O5S. The number of benzene rings is 2. The molecule has 0 bridgehead atoms. The molecule has 0 spiro atoms. The first-order valence-corrected chi connectivity index (χ1v) is 13.0. The molecule has 184 valence electrons. The Hall–Kier alpha value is -3.43. The second-order valence-corrected chi connectivity index (χ2v) is 10.7. The van der Waals surface area contributed by atoms with Gasteiger partial charge in [0.1, 0.15) is 12.3 Å². The highest BCUT2D eigenvalue weighted by molar-refractivity contribution is 7.89. The van der Waals surface area contributed by atoms with Gasteiger partial charge in [-0.25, -0.2) is 8.42 Å². The van der Waals surface area contributed by atoms with Crippen molar-refractivity contribution in [1.29, 1.82) is 0 Å². The Bertz CT molecular complexity index is 1230. The van der Waals surface area contributed by atoms with Crippen LogP contribution in [0.4, 0.5) is 5.69 Å². The summed E-state index contributed by atoms with van der Waals surface area (Å²) >= 11 is 0. The van der Waals surface area contributed by atoms with Gasteiger partial charge in [-0.2, -0.15) is 4.31 Å². The summed E-state index contributed by atoms with van der Waals surface area (Å²) in [6.45, 7) is 3.02. The maximum Gasteiger partial charge on any atom is 0.254 e. The van der Waals surface area contributed by atoms with Gasteiger partial charge in [0, 0.05) is 24.3 Å². The second-order valence-electron chi connectivity index (χ2n) is 8.77. The molecule has 0 radical (unpaired) electrons. The van der Waals surface area contributed by atoms with Gasteiger partial charge in [-0.15, -0.1) is 0 Å². The maximum absolute atomic E-state index is 13.3. The standard InChI is InChI=1S/C26H29N3O5S/c1-20-13-15-29(16-14-20)35(32,33)24-11-9-21(10-12-24)26(31)28(18-23-8-5-17-34-23)19-25(30)27-22-6-3-2-4-7-22/h2-12,17,20H,13-16,18-19H2,1H3,(H,27,30). The highest BCUT2D eigenvalue weighted by Gasteiger charge is 2.28. The number of anilines is 1. The summed E-state index contributed by atoms with van der Waals surface area (Å²) in [6.07, 6.45) is 3.17. The summed E-state index contributed by atoms with van der Waals surface area (Å²) in [5, 5.41) is 2.78. The topological polar surface area (TPSA) is 99.9 Å². The van der Waals surface area contributed by atoms with Gasteiger partial charge >= 0.3 is 0 Å². The molecule has 2 heterocycles. The maximum atomic E-state index is 13.3. The van der Waals surface area contributed by atoms with Crippen LogP contribution >= 0.6 is 0 Å². The lowest BCUT2D eigenvalue weighted by atomic mass is 10.0. The number of nitrogens with one attached hydrogen (secondary N) is 1.